The van der Waals surface area contributed by atoms with Crippen LogP contribution in [-0.4, -0.2) is 36.0 Å². The third-order valence-corrected chi connectivity index (χ3v) is 8.49. The van der Waals surface area contributed by atoms with Gasteiger partial charge in [0.05, 0.1) is 27.6 Å². The second kappa shape index (κ2) is 10.4. The molecule has 192 valence electrons. The Hall–Kier alpha value is -3.56. The van der Waals surface area contributed by atoms with Gasteiger partial charge in [-0.15, -0.1) is 0 Å². The second-order valence-corrected chi connectivity index (χ2v) is 11.4. The maximum Gasteiger partial charge on any atom is 0.276 e. The van der Waals surface area contributed by atoms with E-state index in [2.05, 4.69) is 14.8 Å². The van der Waals surface area contributed by atoms with Gasteiger partial charge in [0, 0.05) is 18.2 Å². The number of hydrogen-bond acceptors (Lipinski definition) is 6. The molecule has 9 heteroatoms. The summed E-state index contributed by atoms with van der Waals surface area (Å²) in [6.45, 7) is 1.90. The Balaban J connectivity index is 1.52. The lowest BCUT2D eigenvalue weighted by atomic mass is 9.95. The summed E-state index contributed by atoms with van der Waals surface area (Å²) < 4.78 is 26.1. The quantitative estimate of drug-likeness (QED) is 0.187. The van der Waals surface area contributed by atoms with Crippen molar-refractivity contribution in [2.75, 3.05) is 0 Å². The standard InChI is InChI=1S/C28H30N4O4S/c1-20-12-18-25(19-13-20)37(35,36)30-29-26(21-8-4-2-5-9-21)28-27(31(28)23-10-6-3-7-11-23)22-14-16-24(17-15-22)32(33)34/h2,4-5,8-9,12-19,23,27-28,30H,3,6-7,10-11H2,1H3/b29-26+/t27-,28+,31?/m0/s1. The lowest BCUT2D eigenvalue weighted by Crippen LogP contribution is -2.28. The highest BCUT2D eigenvalue weighted by Gasteiger charge is 2.55. The van der Waals surface area contributed by atoms with Crippen LogP contribution in [0.2, 0.25) is 0 Å². The smallest absolute Gasteiger partial charge is 0.276 e. The predicted octanol–water partition coefficient (Wildman–Crippen LogP) is 5.34. The first-order chi connectivity index (χ1) is 17.8. The lowest BCUT2D eigenvalue weighted by Gasteiger charge is -2.24. The fourth-order valence-corrected chi connectivity index (χ4v) is 6.13. The van der Waals surface area contributed by atoms with Gasteiger partial charge in [-0.3, -0.25) is 15.0 Å². The number of hydrogen-bond donors (Lipinski definition) is 1. The number of aryl methyl sites for hydroxylation is 1. The molecule has 3 atom stereocenters. The molecule has 0 radical (unpaired) electrons. The number of nitrogens with zero attached hydrogens (tertiary/aromatic N) is 3. The first-order valence-corrected chi connectivity index (χ1v) is 14.1. The molecule has 0 amide bonds. The predicted molar refractivity (Wildman–Crippen MR) is 143 cm³/mol. The molecule has 2 fully saturated rings. The molecule has 0 bridgehead atoms. The van der Waals surface area contributed by atoms with Crippen LogP contribution in [0.25, 0.3) is 0 Å². The van der Waals surface area contributed by atoms with Crippen LogP contribution < -0.4 is 4.83 Å². The van der Waals surface area contributed by atoms with Gasteiger partial charge in [0.1, 0.15) is 0 Å². The number of nitro groups is 1. The third kappa shape index (κ3) is 5.42. The molecule has 1 N–H and O–H groups in total. The van der Waals surface area contributed by atoms with Crippen LogP contribution in [0.15, 0.2) is 88.9 Å². The van der Waals surface area contributed by atoms with Crippen molar-refractivity contribution in [1.29, 1.82) is 0 Å². The van der Waals surface area contributed by atoms with E-state index < -0.39 is 14.9 Å². The summed E-state index contributed by atoms with van der Waals surface area (Å²) in [6, 6.07) is 23.1. The van der Waals surface area contributed by atoms with Crippen LogP contribution in [0.1, 0.15) is 54.8 Å². The minimum Gasteiger partial charge on any atom is -0.281 e. The summed E-state index contributed by atoms with van der Waals surface area (Å²) in [6.07, 6.45) is 5.65. The van der Waals surface area contributed by atoms with E-state index >= 15 is 0 Å². The van der Waals surface area contributed by atoms with Crippen LogP contribution in [-0.2, 0) is 10.0 Å². The van der Waals surface area contributed by atoms with Crippen LogP contribution in [0, 0.1) is 17.0 Å². The number of nitro benzene ring substituents is 1. The highest BCUT2D eigenvalue weighted by Crippen LogP contribution is 2.49. The highest BCUT2D eigenvalue weighted by molar-refractivity contribution is 7.89. The number of sulfonamides is 1. The molecule has 5 rings (SSSR count). The zero-order valence-corrected chi connectivity index (χ0v) is 21.5. The van der Waals surface area contributed by atoms with Gasteiger partial charge < -0.3 is 0 Å². The van der Waals surface area contributed by atoms with Gasteiger partial charge in [-0.1, -0.05) is 79.4 Å². The number of hydrazone groups is 1. The van der Waals surface area contributed by atoms with Gasteiger partial charge >= 0.3 is 0 Å². The van der Waals surface area contributed by atoms with Crippen molar-refractivity contribution in [2.45, 2.75) is 62.0 Å². The molecule has 1 saturated carbocycles. The van der Waals surface area contributed by atoms with E-state index in [4.69, 9.17) is 0 Å². The Morgan fingerprint density at radius 2 is 1.59 bits per heavy atom. The van der Waals surface area contributed by atoms with Crippen molar-refractivity contribution in [3.63, 3.8) is 0 Å². The molecule has 1 saturated heterocycles. The SMILES string of the molecule is Cc1ccc(S(=O)(=O)N/N=C(\c2ccccc2)[C@@H]2[C@H](c3ccc([N+](=O)[O-])cc3)N2C2CCCCC2)cc1. The van der Waals surface area contributed by atoms with E-state index in [-0.39, 0.29) is 22.7 Å². The van der Waals surface area contributed by atoms with E-state index in [1.807, 2.05) is 37.3 Å². The monoisotopic (exact) mass is 518 g/mol. The molecule has 1 aliphatic heterocycles. The molecule has 3 aromatic carbocycles. The summed E-state index contributed by atoms with van der Waals surface area (Å²) >= 11 is 0. The molecule has 37 heavy (non-hydrogen) atoms. The van der Waals surface area contributed by atoms with Gasteiger partial charge in [0.2, 0.25) is 0 Å². The van der Waals surface area contributed by atoms with Crippen molar-refractivity contribution >= 4 is 21.4 Å². The van der Waals surface area contributed by atoms with Gasteiger partial charge in [-0.2, -0.15) is 18.4 Å². The minimum absolute atomic E-state index is 0.0354. The Labute approximate surface area is 217 Å². The van der Waals surface area contributed by atoms with E-state index in [1.54, 1.807) is 36.4 Å². The van der Waals surface area contributed by atoms with Crippen LogP contribution in [0.5, 0.6) is 0 Å². The van der Waals surface area contributed by atoms with Gasteiger partial charge in [0.15, 0.2) is 0 Å². The molecular weight excluding hydrogens is 488 g/mol. The van der Waals surface area contributed by atoms with Crippen molar-refractivity contribution in [3.05, 3.63) is 106 Å². The van der Waals surface area contributed by atoms with E-state index in [0.717, 1.165) is 42.4 Å². The molecule has 8 nitrogen and oxygen atoms in total. The minimum atomic E-state index is -3.86. The zero-order chi connectivity index (χ0) is 26.0. The van der Waals surface area contributed by atoms with Crippen LogP contribution in [0.3, 0.4) is 0 Å². The first kappa shape index (κ1) is 25.1. The zero-order valence-electron chi connectivity index (χ0n) is 20.7. The molecule has 1 unspecified atom stereocenters. The molecule has 1 aliphatic carbocycles. The fourth-order valence-electron chi connectivity index (χ4n) is 5.31. The van der Waals surface area contributed by atoms with E-state index in [9.17, 15) is 18.5 Å². The van der Waals surface area contributed by atoms with Crippen molar-refractivity contribution in [2.24, 2.45) is 5.10 Å². The highest BCUT2D eigenvalue weighted by atomic mass is 32.2. The van der Waals surface area contributed by atoms with Gasteiger partial charge in [-0.25, -0.2) is 0 Å². The lowest BCUT2D eigenvalue weighted by molar-refractivity contribution is -0.384. The number of nitrogens with one attached hydrogen (secondary N) is 1. The fraction of sp³-hybridized carbons (Fsp3) is 0.321. The largest absolute Gasteiger partial charge is 0.281 e. The maximum atomic E-state index is 13.1. The van der Waals surface area contributed by atoms with Crippen LogP contribution in [0.4, 0.5) is 5.69 Å². The second-order valence-electron chi connectivity index (χ2n) is 9.75. The maximum absolute atomic E-state index is 13.1. The molecule has 3 aromatic rings. The average molecular weight is 519 g/mol. The molecule has 2 aliphatic rings. The van der Waals surface area contributed by atoms with Gasteiger partial charge in [0.25, 0.3) is 15.7 Å². The third-order valence-electron chi connectivity index (χ3n) is 7.26. The number of rotatable bonds is 8. The Kier molecular flexibility index (Phi) is 7.08. The van der Waals surface area contributed by atoms with Crippen molar-refractivity contribution < 1.29 is 13.3 Å². The summed E-state index contributed by atoms with van der Waals surface area (Å²) in [7, 11) is -3.86. The van der Waals surface area contributed by atoms with Crippen LogP contribution >= 0.6 is 0 Å². The molecular formula is C28H30N4O4S. The molecule has 0 spiro atoms. The van der Waals surface area contributed by atoms with E-state index in [1.165, 1.54) is 18.6 Å². The topological polar surface area (TPSA) is 105 Å². The summed E-state index contributed by atoms with van der Waals surface area (Å²) in [5.74, 6) is 0. The van der Waals surface area contributed by atoms with Crippen molar-refractivity contribution in [1.82, 2.24) is 9.73 Å². The normalized spacial score (nSPS) is 22.4. The Morgan fingerprint density at radius 1 is 0.946 bits per heavy atom. The summed E-state index contributed by atoms with van der Waals surface area (Å²) in [5, 5.41) is 15.7. The first-order valence-electron chi connectivity index (χ1n) is 12.6. The number of non-ortho nitro benzene ring substituents is 1. The summed E-state index contributed by atoms with van der Waals surface area (Å²) in [4.78, 5) is 15.8. The Bertz CT molecular complexity index is 1380. The Morgan fingerprint density at radius 3 is 2.22 bits per heavy atom. The average Bonchev–Trinajstić information content (AvgIpc) is 3.65. The van der Waals surface area contributed by atoms with Gasteiger partial charge in [-0.05, 0) is 43.0 Å². The van der Waals surface area contributed by atoms with E-state index in [0.29, 0.717) is 11.8 Å². The number of benzene rings is 3. The molecule has 0 aromatic heterocycles. The van der Waals surface area contributed by atoms with Crippen molar-refractivity contribution in [3.8, 4) is 0 Å². The summed E-state index contributed by atoms with van der Waals surface area (Å²) in [5.41, 5.74) is 3.47. The molecule has 1 heterocycles.